The van der Waals surface area contributed by atoms with E-state index in [2.05, 4.69) is 53.7 Å². The predicted octanol–water partition coefficient (Wildman–Crippen LogP) is 4.76. The first-order valence-corrected chi connectivity index (χ1v) is 6.37. The second kappa shape index (κ2) is 6.22. The van der Waals surface area contributed by atoms with Gasteiger partial charge in [0.2, 0.25) is 0 Å². The minimum absolute atomic E-state index is 0.105. The zero-order valence-electron chi connectivity index (χ0n) is 11.9. The Morgan fingerprint density at radius 2 is 1.62 bits per heavy atom. The number of carbonyl (C=O) groups is 1. The van der Waals surface area contributed by atoms with Crippen LogP contribution in [0.15, 0.2) is 12.2 Å². The van der Waals surface area contributed by atoms with E-state index in [-0.39, 0.29) is 10.8 Å². The molecule has 0 N–H and O–H groups in total. The molecular formula is C15H28O. The van der Waals surface area contributed by atoms with E-state index in [0.29, 0.717) is 12.2 Å². The molecule has 0 saturated carbocycles. The number of rotatable bonds is 6. The van der Waals surface area contributed by atoms with Crippen LogP contribution in [0.5, 0.6) is 0 Å². The average Bonchev–Trinajstić information content (AvgIpc) is 2.09. The Labute approximate surface area is 101 Å². The predicted molar refractivity (Wildman–Crippen MR) is 71.5 cm³/mol. The topological polar surface area (TPSA) is 17.1 Å². The molecule has 0 aromatic heterocycles. The third kappa shape index (κ3) is 6.81. The van der Waals surface area contributed by atoms with Crippen LogP contribution in [0.1, 0.15) is 67.2 Å². The molecule has 0 fully saturated rings. The van der Waals surface area contributed by atoms with Crippen LogP contribution >= 0.6 is 0 Å². The normalized spacial score (nSPS) is 13.4. The lowest BCUT2D eigenvalue weighted by Gasteiger charge is -2.27. The molecule has 0 bridgehead atoms. The fourth-order valence-corrected chi connectivity index (χ4v) is 1.59. The molecule has 0 amide bonds. The fraction of sp³-hybridized carbons (Fsp3) is 0.800. The van der Waals surface area contributed by atoms with E-state index in [1.54, 1.807) is 0 Å². The van der Waals surface area contributed by atoms with Crippen LogP contribution in [0, 0.1) is 10.8 Å². The third-order valence-corrected chi connectivity index (χ3v) is 2.78. The third-order valence-electron chi connectivity index (χ3n) is 2.78. The smallest absolute Gasteiger partial charge is 0.139 e. The maximum atomic E-state index is 12.1. The van der Waals surface area contributed by atoms with Crippen LogP contribution in [0.2, 0.25) is 0 Å². The molecule has 1 heteroatoms. The van der Waals surface area contributed by atoms with Crippen LogP contribution in [-0.2, 0) is 4.79 Å². The number of hydrogen-bond donors (Lipinski definition) is 0. The summed E-state index contributed by atoms with van der Waals surface area (Å²) in [5, 5.41) is 0. The van der Waals surface area contributed by atoms with Gasteiger partial charge in [-0.1, -0.05) is 53.7 Å². The number of allylic oxidation sites excluding steroid dienone is 2. The minimum atomic E-state index is -0.175. The molecule has 1 nitrogen and oxygen atoms in total. The number of ketones is 1. The van der Waals surface area contributed by atoms with E-state index in [0.717, 1.165) is 19.3 Å². The monoisotopic (exact) mass is 224 g/mol. The first-order chi connectivity index (χ1) is 7.19. The highest BCUT2D eigenvalue weighted by atomic mass is 16.1. The Morgan fingerprint density at radius 1 is 1.06 bits per heavy atom. The molecule has 0 aromatic carbocycles. The summed E-state index contributed by atoms with van der Waals surface area (Å²) in [6.45, 7) is 12.6. The second-order valence-corrected chi connectivity index (χ2v) is 6.46. The zero-order chi connectivity index (χ0) is 12.8. The van der Waals surface area contributed by atoms with Crippen molar-refractivity contribution in [1.82, 2.24) is 0 Å². The van der Waals surface area contributed by atoms with Crippen molar-refractivity contribution in [1.29, 1.82) is 0 Å². The molecule has 0 aliphatic carbocycles. The molecule has 16 heavy (non-hydrogen) atoms. The Hall–Kier alpha value is -0.590. The average molecular weight is 224 g/mol. The summed E-state index contributed by atoms with van der Waals surface area (Å²) >= 11 is 0. The minimum Gasteiger partial charge on any atom is -0.299 e. The van der Waals surface area contributed by atoms with Gasteiger partial charge in [0.25, 0.3) is 0 Å². The SMILES string of the molecule is CC/C=C\CCC(C)(C)C(=O)CC(C)(C)C. The molecular weight excluding hydrogens is 196 g/mol. The van der Waals surface area contributed by atoms with Gasteiger partial charge in [0.05, 0.1) is 0 Å². The van der Waals surface area contributed by atoms with Gasteiger partial charge in [0.15, 0.2) is 0 Å². The summed E-state index contributed by atoms with van der Waals surface area (Å²) < 4.78 is 0. The highest BCUT2D eigenvalue weighted by molar-refractivity contribution is 5.84. The van der Waals surface area contributed by atoms with Crippen LogP contribution in [0.3, 0.4) is 0 Å². The molecule has 0 aliphatic heterocycles. The van der Waals surface area contributed by atoms with Gasteiger partial charge in [-0.15, -0.1) is 0 Å². The maximum absolute atomic E-state index is 12.1. The molecule has 94 valence electrons. The Morgan fingerprint density at radius 3 is 2.06 bits per heavy atom. The molecule has 0 aromatic rings. The van der Waals surface area contributed by atoms with E-state index >= 15 is 0 Å². The standard InChI is InChI=1S/C15H28O/c1-7-8-9-10-11-15(5,6)13(16)12-14(2,3)4/h8-9H,7,10-12H2,1-6H3/b9-8-. The van der Waals surface area contributed by atoms with E-state index in [1.807, 2.05) is 0 Å². The van der Waals surface area contributed by atoms with E-state index < -0.39 is 0 Å². The van der Waals surface area contributed by atoms with Crippen molar-refractivity contribution in [3.63, 3.8) is 0 Å². The quantitative estimate of drug-likeness (QED) is 0.594. The number of hydrogen-bond acceptors (Lipinski definition) is 1. The second-order valence-electron chi connectivity index (χ2n) is 6.46. The van der Waals surface area contributed by atoms with Crippen molar-refractivity contribution in [2.45, 2.75) is 67.2 Å². The Kier molecular flexibility index (Phi) is 5.99. The van der Waals surface area contributed by atoms with Crippen molar-refractivity contribution in [2.75, 3.05) is 0 Å². The van der Waals surface area contributed by atoms with Crippen LogP contribution in [0.4, 0.5) is 0 Å². The summed E-state index contributed by atoms with van der Waals surface area (Å²) in [6.07, 6.45) is 8.08. The molecule has 0 heterocycles. The summed E-state index contributed by atoms with van der Waals surface area (Å²) in [6, 6.07) is 0. The molecule has 0 unspecified atom stereocenters. The first kappa shape index (κ1) is 15.4. The number of carbonyl (C=O) groups excluding carboxylic acids is 1. The largest absolute Gasteiger partial charge is 0.299 e. The molecule has 0 saturated heterocycles. The van der Waals surface area contributed by atoms with Crippen LogP contribution in [-0.4, -0.2) is 5.78 Å². The van der Waals surface area contributed by atoms with Gasteiger partial charge in [-0.25, -0.2) is 0 Å². The maximum Gasteiger partial charge on any atom is 0.139 e. The highest BCUT2D eigenvalue weighted by Crippen LogP contribution is 2.30. The lowest BCUT2D eigenvalue weighted by Crippen LogP contribution is -2.28. The number of Topliss-reactive ketones (excluding diaryl/α,β-unsaturated/α-hetero) is 1. The summed E-state index contributed by atoms with van der Waals surface area (Å²) in [4.78, 5) is 12.1. The van der Waals surface area contributed by atoms with Gasteiger partial charge in [-0.05, 0) is 24.7 Å². The van der Waals surface area contributed by atoms with Gasteiger partial charge in [-0.3, -0.25) is 4.79 Å². The lowest BCUT2D eigenvalue weighted by molar-refractivity contribution is -0.129. The van der Waals surface area contributed by atoms with Crippen LogP contribution in [0.25, 0.3) is 0 Å². The van der Waals surface area contributed by atoms with E-state index in [9.17, 15) is 4.79 Å². The summed E-state index contributed by atoms with van der Waals surface area (Å²) in [5.74, 6) is 0.393. The molecule has 0 atom stereocenters. The summed E-state index contributed by atoms with van der Waals surface area (Å²) in [7, 11) is 0. The van der Waals surface area contributed by atoms with Gasteiger partial charge >= 0.3 is 0 Å². The molecule has 0 aliphatic rings. The molecule has 0 radical (unpaired) electrons. The van der Waals surface area contributed by atoms with Crippen molar-refractivity contribution in [2.24, 2.45) is 10.8 Å². The Bertz CT molecular complexity index is 241. The molecule has 0 spiro atoms. The van der Waals surface area contributed by atoms with Gasteiger partial charge in [0.1, 0.15) is 5.78 Å². The zero-order valence-corrected chi connectivity index (χ0v) is 11.9. The van der Waals surface area contributed by atoms with Crippen molar-refractivity contribution < 1.29 is 4.79 Å². The lowest BCUT2D eigenvalue weighted by atomic mass is 9.76. The van der Waals surface area contributed by atoms with E-state index in [4.69, 9.17) is 0 Å². The van der Waals surface area contributed by atoms with Gasteiger partial charge in [-0.2, -0.15) is 0 Å². The van der Waals surface area contributed by atoms with Crippen LogP contribution < -0.4 is 0 Å². The van der Waals surface area contributed by atoms with Crippen molar-refractivity contribution in [3.05, 3.63) is 12.2 Å². The first-order valence-electron chi connectivity index (χ1n) is 6.37. The van der Waals surface area contributed by atoms with Crippen molar-refractivity contribution >= 4 is 5.78 Å². The van der Waals surface area contributed by atoms with Crippen molar-refractivity contribution in [3.8, 4) is 0 Å². The highest BCUT2D eigenvalue weighted by Gasteiger charge is 2.29. The fourth-order valence-electron chi connectivity index (χ4n) is 1.59. The summed E-state index contributed by atoms with van der Waals surface area (Å²) in [5.41, 5.74) is -0.0705. The van der Waals surface area contributed by atoms with Gasteiger partial charge in [0, 0.05) is 11.8 Å². The molecule has 0 rings (SSSR count). The van der Waals surface area contributed by atoms with E-state index in [1.165, 1.54) is 0 Å². The van der Waals surface area contributed by atoms with Gasteiger partial charge < -0.3 is 0 Å². The Balaban J connectivity index is 4.21.